The van der Waals surface area contributed by atoms with E-state index >= 15 is 0 Å². The Hall–Kier alpha value is -5.04. The molecule has 0 bridgehead atoms. The van der Waals surface area contributed by atoms with Crippen molar-refractivity contribution in [3.05, 3.63) is 119 Å². The molecule has 0 fully saturated rings. The minimum Gasteiger partial charge on any atom is -0.504 e. The number of allylic oxidation sites excluding steroid dienone is 6. The normalized spacial score (nSPS) is 12.4. The van der Waals surface area contributed by atoms with Gasteiger partial charge in [0.25, 0.3) is 0 Å². The van der Waals surface area contributed by atoms with Crippen LogP contribution in [0.5, 0.6) is 28.7 Å². The molecular formula is C35H38O7. The molecule has 0 saturated heterocycles. The predicted octanol–water partition coefficient (Wildman–Crippen LogP) is 7.60. The van der Waals surface area contributed by atoms with Gasteiger partial charge in [0.2, 0.25) is 0 Å². The summed E-state index contributed by atoms with van der Waals surface area (Å²) in [7, 11) is 11.4. The third-order valence-corrected chi connectivity index (χ3v) is 6.20. The molecule has 7 nitrogen and oxygen atoms in total. The minimum atomic E-state index is 0.600. The quantitative estimate of drug-likeness (QED) is 0.112. The molecule has 3 aromatic rings. The second kappa shape index (κ2) is 16.3. The van der Waals surface area contributed by atoms with Crippen molar-refractivity contribution in [2.75, 3.05) is 49.8 Å². The summed E-state index contributed by atoms with van der Waals surface area (Å²) < 4.78 is 38.1. The zero-order valence-electron chi connectivity index (χ0n) is 25.2. The molecule has 0 spiro atoms. The van der Waals surface area contributed by atoms with Gasteiger partial charge in [-0.2, -0.15) is 0 Å². The first-order valence-electron chi connectivity index (χ1n) is 13.1. The van der Waals surface area contributed by atoms with Gasteiger partial charge in [0.05, 0.1) is 56.0 Å². The van der Waals surface area contributed by atoms with E-state index in [1.165, 1.54) is 0 Å². The highest BCUT2D eigenvalue weighted by atomic mass is 16.5. The highest BCUT2D eigenvalue weighted by Gasteiger charge is 2.08. The Labute approximate surface area is 248 Å². The van der Waals surface area contributed by atoms with Crippen molar-refractivity contribution in [3.63, 3.8) is 0 Å². The lowest BCUT2D eigenvalue weighted by molar-refractivity contribution is 0.297. The van der Waals surface area contributed by atoms with Crippen molar-refractivity contribution in [1.29, 1.82) is 0 Å². The number of rotatable bonds is 14. The second-order valence-electron chi connectivity index (χ2n) is 8.89. The Balaban J connectivity index is 2.25. The van der Waals surface area contributed by atoms with Crippen LogP contribution in [0.25, 0.3) is 17.7 Å². The predicted molar refractivity (Wildman–Crippen MR) is 168 cm³/mol. The molecule has 7 heteroatoms. The van der Waals surface area contributed by atoms with Crippen LogP contribution in [0, 0.1) is 0 Å². The first-order valence-corrected chi connectivity index (χ1v) is 13.1. The van der Waals surface area contributed by atoms with Gasteiger partial charge in [-0.3, -0.25) is 0 Å². The van der Waals surface area contributed by atoms with Crippen molar-refractivity contribution in [3.8, 4) is 28.7 Å². The van der Waals surface area contributed by atoms with E-state index in [2.05, 4.69) is 12.2 Å². The molecule has 0 atom stereocenters. The number of hydrogen-bond donors (Lipinski definition) is 0. The Morgan fingerprint density at radius 3 is 1.60 bits per heavy atom. The van der Waals surface area contributed by atoms with E-state index in [1.807, 2.05) is 78.9 Å². The maximum Gasteiger partial charge on any atom is 0.123 e. The Kier molecular flexibility index (Phi) is 12.2. The highest BCUT2D eigenvalue weighted by molar-refractivity contribution is 5.89. The van der Waals surface area contributed by atoms with E-state index in [1.54, 1.807) is 62.1 Å². The van der Waals surface area contributed by atoms with E-state index in [0.717, 1.165) is 33.6 Å². The first-order chi connectivity index (χ1) is 20.4. The monoisotopic (exact) mass is 570 g/mol. The van der Waals surface area contributed by atoms with Crippen LogP contribution < -0.4 is 23.7 Å². The first kappa shape index (κ1) is 31.5. The summed E-state index contributed by atoms with van der Waals surface area (Å²) in [5.74, 6) is 4.12. The van der Waals surface area contributed by atoms with Crippen LogP contribution >= 0.6 is 0 Å². The third kappa shape index (κ3) is 9.27. The lowest BCUT2D eigenvalue weighted by Gasteiger charge is -2.11. The smallest absolute Gasteiger partial charge is 0.123 e. The Bertz CT molecular complexity index is 1420. The maximum atomic E-state index is 5.62. The van der Waals surface area contributed by atoms with Crippen molar-refractivity contribution >= 4 is 17.7 Å². The molecule has 0 aliphatic carbocycles. The Morgan fingerprint density at radius 1 is 0.548 bits per heavy atom. The molecular weight excluding hydrogens is 532 g/mol. The molecule has 0 saturated carbocycles. The van der Waals surface area contributed by atoms with Gasteiger partial charge in [0.1, 0.15) is 34.5 Å². The zero-order valence-corrected chi connectivity index (χ0v) is 25.2. The SMILES string of the molecule is CO\C=C\C(=C/C(/C=C/c1cc(OC)cc(OC)c1)=C/C(=C/c1ccc(OC)cc1)c1cc(OC)cc(OC)c1)OC. The Morgan fingerprint density at radius 2 is 1.10 bits per heavy atom. The number of methoxy groups -OCH3 is 7. The van der Waals surface area contributed by atoms with Crippen molar-refractivity contribution < 1.29 is 33.2 Å². The molecule has 0 amide bonds. The van der Waals surface area contributed by atoms with E-state index in [4.69, 9.17) is 33.2 Å². The lowest BCUT2D eigenvalue weighted by atomic mass is 9.98. The fourth-order valence-corrected chi connectivity index (χ4v) is 3.97. The van der Waals surface area contributed by atoms with Crippen LogP contribution in [-0.4, -0.2) is 49.8 Å². The van der Waals surface area contributed by atoms with Gasteiger partial charge in [-0.05, 0) is 82.5 Å². The molecule has 0 unspecified atom stereocenters. The number of hydrogen-bond acceptors (Lipinski definition) is 7. The fourth-order valence-electron chi connectivity index (χ4n) is 3.97. The minimum absolute atomic E-state index is 0.600. The standard InChI is InChI=1S/C35H38O7/c1-36-15-14-31(38-3)18-26(8-9-27-19-32(39-4)23-33(20-27)40-5)17-28(16-25-10-12-30(37-2)13-11-25)29-21-34(41-6)24-35(22-29)42-7/h8-24H,1-7H3/b9-8+,15-14+,26-17+,28-16-,31-18+. The van der Waals surface area contributed by atoms with Crippen LogP contribution in [0.4, 0.5) is 0 Å². The second-order valence-corrected chi connectivity index (χ2v) is 8.89. The summed E-state index contributed by atoms with van der Waals surface area (Å²) in [6.45, 7) is 0. The van der Waals surface area contributed by atoms with Gasteiger partial charge in [-0.1, -0.05) is 24.3 Å². The lowest BCUT2D eigenvalue weighted by Crippen LogP contribution is -1.92. The average molecular weight is 571 g/mol. The molecule has 42 heavy (non-hydrogen) atoms. The molecule has 3 rings (SSSR count). The van der Waals surface area contributed by atoms with Crippen LogP contribution in [-0.2, 0) is 9.47 Å². The van der Waals surface area contributed by atoms with Crippen LogP contribution in [0.1, 0.15) is 16.7 Å². The van der Waals surface area contributed by atoms with Gasteiger partial charge >= 0.3 is 0 Å². The molecule has 220 valence electrons. The van der Waals surface area contributed by atoms with E-state index in [9.17, 15) is 0 Å². The van der Waals surface area contributed by atoms with Gasteiger partial charge < -0.3 is 33.2 Å². The van der Waals surface area contributed by atoms with Gasteiger partial charge in [0, 0.05) is 18.2 Å². The summed E-state index contributed by atoms with van der Waals surface area (Å²) in [5.41, 5.74) is 4.54. The fraction of sp³-hybridized carbons (Fsp3) is 0.200. The van der Waals surface area contributed by atoms with E-state index < -0.39 is 0 Å². The highest BCUT2D eigenvalue weighted by Crippen LogP contribution is 2.31. The average Bonchev–Trinajstić information content (AvgIpc) is 3.04. The topological polar surface area (TPSA) is 64.6 Å². The summed E-state index contributed by atoms with van der Waals surface area (Å²) in [6.07, 6.45) is 13.4. The van der Waals surface area contributed by atoms with Crippen LogP contribution in [0.2, 0.25) is 0 Å². The summed E-state index contributed by atoms with van der Waals surface area (Å²) in [6, 6.07) is 19.3. The third-order valence-electron chi connectivity index (χ3n) is 6.20. The van der Waals surface area contributed by atoms with Crippen molar-refractivity contribution in [2.45, 2.75) is 0 Å². The van der Waals surface area contributed by atoms with Crippen molar-refractivity contribution in [1.82, 2.24) is 0 Å². The number of ether oxygens (including phenoxy) is 7. The molecule has 0 aliphatic heterocycles. The van der Waals surface area contributed by atoms with E-state index in [0.29, 0.717) is 28.8 Å². The summed E-state index contributed by atoms with van der Waals surface area (Å²) in [4.78, 5) is 0. The molecule has 0 radical (unpaired) electrons. The molecule has 0 heterocycles. The summed E-state index contributed by atoms with van der Waals surface area (Å²) >= 11 is 0. The van der Waals surface area contributed by atoms with Crippen LogP contribution in [0.3, 0.4) is 0 Å². The van der Waals surface area contributed by atoms with Crippen molar-refractivity contribution in [2.24, 2.45) is 0 Å². The number of benzene rings is 3. The maximum absolute atomic E-state index is 5.62. The molecule has 0 N–H and O–H groups in total. The van der Waals surface area contributed by atoms with Gasteiger partial charge in [0.15, 0.2) is 0 Å². The zero-order chi connectivity index (χ0) is 30.3. The van der Waals surface area contributed by atoms with Gasteiger partial charge in [-0.15, -0.1) is 0 Å². The molecule has 3 aromatic carbocycles. The molecule has 0 aromatic heterocycles. The molecule has 0 aliphatic rings. The summed E-state index contributed by atoms with van der Waals surface area (Å²) in [5, 5.41) is 0. The van der Waals surface area contributed by atoms with Gasteiger partial charge in [-0.25, -0.2) is 0 Å². The van der Waals surface area contributed by atoms with E-state index in [-0.39, 0.29) is 0 Å². The largest absolute Gasteiger partial charge is 0.504 e. The van der Waals surface area contributed by atoms with Crippen LogP contribution in [0.15, 0.2) is 103 Å².